The minimum atomic E-state index is 0.466. The Bertz CT molecular complexity index is 845. The molecule has 0 aliphatic carbocycles. The number of thiocarbonyl (C=S) groups is 1. The second-order valence-corrected chi connectivity index (χ2v) is 8.40. The molecule has 0 spiro atoms. The van der Waals surface area contributed by atoms with Gasteiger partial charge in [-0.1, -0.05) is 10.3 Å². The van der Waals surface area contributed by atoms with E-state index in [1.54, 1.807) is 0 Å². The topological polar surface area (TPSA) is 95.9 Å². The lowest BCUT2D eigenvalue weighted by molar-refractivity contribution is 0.0389. The monoisotopic (exact) mass is 449 g/mol. The molecule has 4 rings (SSSR count). The third-order valence-electron chi connectivity index (χ3n) is 5.76. The maximum atomic E-state index is 5.64. The lowest BCUT2D eigenvalue weighted by atomic mass is 10.2. The van der Waals surface area contributed by atoms with Crippen LogP contribution in [0.5, 0.6) is 0 Å². The number of rotatable bonds is 6. The van der Waals surface area contributed by atoms with Gasteiger partial charge in [0.15, 0.2) is 10.9 Å². The van der Waals surface area contributed by atoms with Gasteiger partial charge >= 0.3 is 0 Å². The van der Waals surface area contributed by atoms with E-state index in [2.05, 4.69) is 35.3 Å². The van der Waals surface area contributed by atoms with Gasteiger partial charge in [-0.15, -0.1) is 0 Å². The van der Waals surface area contributed by atoms with Gasteiger partial charge in [-0.25, -0.2) is 0 Å². The molecule has 170 valence electrons. The number of hydrogen-bond acceptors (Lipinski definition) is 9. The van der Waals surface area contributed by atoms with Crippen molar-refractivity contribution in [3.63, 3.8) is 0 Å². The quantitative estimate of drug-likeness (QED) is 0.641. The molecule has 10 nitrogen and oxygen atoms in total. The van der Waals surface area contributed by atoms with E-state index >= 15 is 0 Å². The van der Waals surface area contributed by atoms with Crippen LogP contribution in [0.15, 0.2) is 9.05 Å². The molecule has 0 saturated carbocycles. The molecule has 0 aromatic carbocycles. The summed E-state index contributed by atoms with van der Waals surface area (Å²) >= 11 is 5.64. The Hall–Kier alpha value is -2.08. The molecular weight excluding hydrogens is 418 g/mol. The summed E-state index contributed by atoms with van der Waals surface area (Å²) in [4.78, 5) is 11.6. The predicted molar refractivity (Wildman–Crippen MR) is 119 cm³/mol. The van der Waals surface area contributed by atoms with Gasteiger partial charge < -0.3 is 24.0 Å². The van der Waals surface area contributed by atoms with E-state index in [1.807, 2.05) is 13.8 Å². The zero-order chi connectivity index (χ0) is 21.6. The zero-order valence-corrected chi connectivity index (χ0v) is 19.1. The third kappa shape index (κ3) is 5.79. The smallest absolute Gasteiger partial charge is 0.263 e. The van der Waals surface area contributed by atoms with Crippen molar-refractivity contribution in [1.29, 1.82) is 0 Å². The molecule has 2 aliphatic heterocycles. The second kappa shape index (κ2) is 10.5. The summed E-state index contributed by atoms with van der Waals surface area (Å²) < 4.78 is 16.1. The van der Waals surface area contributed by atoms with Gasteiger partial charge in [0.2, 0.25) is 0 Å². The maximum absolute atomic E-state index is 5.64. The van der Waals surface area contributed by atoms with Gasteiger partial charge in [-0.3, -0.25) is 9.80 Å². The lowest BCUT2D eigenvalue weighted by Crippen LogP contribution is -2.46. The summed E-state index contributed by atoms with van der Waals surface area (Å²) in [7, 11) is 0. The molecule has 2 aliphatic rings. The second-order valence-electron chi connectivity index (χ2n) is 8.02. The zero-order valence-electron chi connectivity index (χ0n) is 18.3. The van der Waals surface area contributed by atoms with Crippen molar-refractivity contribution in [2.45, 2.75) is 26.8 Å². The van der Waals surface area contributed by atoms with E-state index in [4.69, 9.17) is 26.0 Å². The van der Waals surface area contributed by atoms with Crippen LogP contribution in [0.2, 0.25) is 0 Å². The minimum Gasteiger partial charge on any atom is -0.379 e. The molecule has 31 heavy (non-hydrogen) atoms. The average Bonchev–Trinajstić information content (AvgIpc) is 3.27. The number of ether oxygens (including phenoxy) is 1. The van der Waals surface area contributed by atoms with Crippen LogP contribution in [0.1, 0.15) is 23.7 Å². The molecule has 0 bridgehead atoms. The van der Waals surface area contributed by atoms with Gasteiger partial charge in [0.1, 0.15) is 11.3 Å². The van der Waals surface area contributed by atoms with Crippen molar-refractivity contribution in [2.24, 2.45) is 0 Å². The fourth-order valence-electron chi connectivity index (χ4n) is 4.00. The minimum absolute atomic E-state index is 0.466. The van der Waals surface area contributed by atoms with Crippen LogP contribution in [0.3, 0.4) is 0 Å². The Labute approximate surface area is 187 Å². The van der Waals surface area contributed by atoms with Crippen molar-refractivity contribution in [2.75, 3.05) is 65.6 Å². The van der Waals surface area contributed by atoms with Crippen LogP contribution in [-0.4, -0.2) is 101 Å². The van der Waals surface area contributed by atoms with Crippen LogP contribution in [0.25, 0.3) is 11.5 Å². The molecule has 0 atom stereocenters. The summed E-state index contributed by atoms with van der Waals surface area (Å²) in [6.07, 6.45) is 1.04. The molecule has 2 fully saturated rings. The third-order valence-corrected chi connectivity index (χ3v) is 6.17. The summed E-state index contributed by atoms with van der Waals surface area (Å²) in [5, 5.41) is 12.4. The molecule has 2 saturated heterocycles. The number of aromatic nitrogens is 3. The van der Waals surface area contributed by atoms with Crippen molar-refractivity contribution in [3.8, 4) is 11.5 Å². The highest BCUT2D eigenvalue weighted by atomic mass is 32.1. The Kier molecular flexibility index (Phi) is 7.49. The van der Waals surface area contributed by atoms with Crippen molar-refractivity contribution >= 4 is 17.3 Å². The van der Waals surface area contributed by atoms with E-state index in [0.29, 0.717) is 24.0 Å². The average molecular weight is 450 g/mol. The van der Waals surface area contributed by atoms with E-state index < -0.39 is 0 Å². The first-order valence-corrected chi connectivity index (χ1v) is 11.3. The number of nitrogens with one attached hydrogen (secondary N) is 1. The molecule has 2 aromatic heterocycles. The highest BCUT2D eigenvalue weighted by molar-refractivity contribution is 7.80. The van der Waals surface area contributed by atoms with Gasteiger partial charge in [-0.05, 0) is 32.5 Å². The van der Waals surface area contributed by atoms with E-state index in [-0.39, 0.29) is 0 Å². The standard InChI is InChI=1S/C20H31N7O3S/c1-15-18(16(2)29-23-15)19-22-17(24-30-19)14-26-5-3-6-27(9-8-26)20(31)21-4-7-25-10-12-28-13-11-25/h3-14H2,1-2H3,(H,21,31). The van der Waals surface area contributed by atoms with Gasteiger partial charge in [-0.2, -0.15) is 4.98 Å². The normalized spacial score (nSPS) is 18.8. The van der Waals surface area contributed by atoms with Gasteiger partial charge in [0, 0.05) is 52.4 Å². The molecule has 11 heteroatoms. The highest BCUT2D eigenvalue weighted by Crippen LogP contribution is 2.25. The fourth-order valence-corrected chi connectivity index (χ4v) is 4.28. The lowest BCUT2D eigenvalue weighted by Gasteiger charge is -2.28. The van der Waals surface area contributed by atoms with Crippen molar-refractivity contribution < 1.29 is 13.8 Å². The number of hydrogen-bond donors (Lipinski definition) is 1. The molecular formula is C20H31N7O3S. The van der Waals surface area contributed by atoms with Crippen LogP contribution in [0, 0.1) is 13.8 Å². The molecule has 4 heterocycles. The fraction of sp³-hybridized carbons (Fsp3) is 0.700. The summed E-state index contributed by atoms with van der Waals surface area (Å²) in [6, 6.07) is 0. The Morgan fingerprint density at radius 2 is 1.84 bits per heavy atom. The number of morpholine rings is 1. The molecule has 0 radical (unpaired) electrons. The van der Waals surface area contributed by atoms with Crippen LogP contribution < -0.4 is 5.32 Å². The van der Waals surface area contributed by atoms with E-state index in [9.17, 15) is 0 Å². The predicted octanol–water partition coefficient (Wildman–Crippen LogP) is 1.06. The van der Waals surface area contributed by atoms with Crippen LogP contribution in [-0.2, 0) is 11.3 Å². The summed E-state index contributed by atoms with van der Waals surface area (Å²) in [6.45, 7) is 13.6. The molecule has 0 amide bonds. The summed E-state index contributed by atoms with van der Waals surface area (Å²) in [5.74, 6) is 1.83. The number of nitrogens with zero attached hydrogens (tertiary/aromatic N) is 6. The Balaban J connectivity index is 1.23. The summed E-state index contributed by atoms with van der Waals surface area (Å²) in [5.41, 5.74) is 1.54. The van der Waals surface area contributed by atoms with Crippen LogP contribution >= 0.6 is 12.2 Å². The van der Waals surface area contributed by atoms with Crippen molar-refractivity contribution in [1.82, 2.24) is 35.3 Å². The largest absolute Gasteiger partial charge is 0.379 e. The SMILES string of the molecule is Cc1noc(C)c1-c1nc(CN2CCCN(C(=S)NCCN3CCOCC3)CC2)no1. The molecule has 0 unspecified atom stereocenters. The number of aryl methyl sites for hydroxylation is 2. The first kappa shape index (κ1) is 22.1. The van der Waals surface area contributed by atoms with Gasteiger partial charge in [0.25, 0.3) is 5.89 Å². The van der Waals surface area contributed by atoms with Gasteiger partial charge in [0.05, 0.1) is 25.5 Å². The Morgan fingerprint density at radius 3 is 2.61 bits per heavy atom. The van der Waals surface area contributed by atoms with E-state index in [0.717, 1.165) is 88.4 Å². The highest BCUT2D eigenvalue weighted by Gasteiger charge is 2.21. The van der Waals surface area contributed by atoms with Crippen LogP contribution in [0.4, 0.5) is 0 Å². The molecule has 2 aromatic rings. The van der Waals surface area contributed by atoms with Crippen molar-refractivity contribution in [3.05, 3.63) is 17.3 Å². The first-order valence-electron chi connectivity index (χ1n) is 10.9. The first-order chi connectivity index (χ1) is 15.1. The Morgan fingerprint density at radius 1 is 1.00 bits per heavy atom. The maximum Gasteiger partial charge on any atom is 0.263 e. The van der Waals surface area contributed by atoms with E-state index in [1.165, 1.54) is 0 Å². The molecule has 1 N–H and O–H groups in total.